The van der Waals surface area contributed by atoms with E-state index in [0.29, 0.717) is 12.8 Å². The van der Waals surface area contributed by atoms with Crippen LogP contribution in [-0.4, -0.2) is 35.3 Å². The summed E-state index contributed by atoms with van der Waals surface area (Å²) in [7, 11) is -4.54. The van der Waals surface area contributed by atoms with Crippen molar-refractivity contribution in [3.05, 3.63) is 0 Å². The summed E-state index contributed by atoms with van der Waals surface area (Å²) in [4.78, 5) is 36.4. The average Bonchev–Trinajstić information content (AvgIpc) is 1.83. The maximum absolute atomic E-state index is 10.8. The highest BCUT2D eigenvalue weighted by molar-refractivity contribution is 6.48. The fourth-order valence-electron chi connectivity index (χ4n) is 0.798. The Bertz CT molecular complexity index is 153. The van der Waals surface area contributed by atoms with Gasteiger partial charge in [-0.05, 0) is 13.3 Å². The smallest absolute Gasteiger partial charge is 0.368 e. The maximum Gasteiger partial charge on any atom is 0.671 e. The molecule has 72 valence electrons. The fourth-order valence-corrected chi connectivity index (χ4v) is 1.46. The van der Waals surface area contributed by atoms with Crippen LogP contribution in [0.25, 0.3) is 0 Å². The molecule has 0 amide bonds. The van der Waals surface area contributed by atoms with Gasteiger partial charge in [0.1, 0.15) is 6.10 Å². The summed E-state index contributed by atoms with van der Waals surface area (Å²) < 4.78 is 4.40. The molecule has 0 aromatic rings. The van der Waals surface area contributed by atoms with Crippen molar-refractivity contribution in [2.24, 2.45) is 0 Å². The Balaban J connectivity index is 4.05. The Kier molecular flexibility index (Phi) is 4.57. The van der Waals surface area contributed by atoms with Gasteiger partial charge < -0.3 is 18.8 Å². The Hall–Kier alpha value is -0.273. The van der Waals surface area contributed by atoms with Crippen LogP contribution < -0.4 is 0 Å². The predicted molar refractivity (Wildman–Crippen MR) is 42.9 cm³/mol. The molecule has 0 bridgehead atoms. The first-order chi connectivity index (χ1) is 5.37. The van der Waals surface area contributed by atoms with Crippen LogP contribution in [0.2, 0.25) is 0 Å². The largest absolute Gasteiger partial charge is 0.671 e. The lowest BCUT2D eigenvalue weighted by Crippen LogP contribution is -2.44. The van der Waals surface area contributed by atoms with E-state index in [1.54, 1.807) is 0 Å². The summed E-state index contributed by atoms with van der Waals surface area (Å²) >= 11 is 0. The molecule has 0 heterocycles. The third kappa shape index (κ3) is 5.39. The molecule has 0 aliphatic heterocycles. The highest BCUT2D eigenvalue weighted by atomic mass is 28.4. The molecule has 0 saturated heterocycles. The van der Waals surface area contributed by atoms with Gasteiger partial charge in [0.25, 0.3) is 0 Å². The second-order valence-corrected chi connectivity index (χ2v) is 3.96. The lowest BCUT2D eigenvalue weighted by atomic mass is 10.1. The van der Waals surface area contributed by atoms with Gasteiger partial charge >= 0.3 is 9.05 Å². The molecule has 5 nitrogen and oxygen atoms in total. The highest BCUT2D eigenvalue weighted by Crippen LogP contribution is 2.06. The SMILES string of the molecule is CCCC(O[Si](O)(O)O)C(C)=O. The number of ketones is 1. The van der Waals surface area contributed by atoms with Crippen LogP contribution in [0.3, 0.4) is 0 Å². The zero-order valence-corrected chi connectivity index (χ0v) is 8.15. The Labute approximate surface area is 72.1 Å². The van der Waals surface area contributed by atoms with E-state index in [9.17, 15) is 4.79 Å². The molecular formula is C6H14O5Si. The van der Waals surface area contributed by atoms with E-state index in [-0.39, 0.29) is 5.78 Å². The summed E-state index contributed by atoms with van der Waals surface area (Å²) in [5, 5.41) is 0. The average molecular weight is 194 g/mol. The lowest BCUT2D eigenvalue weighted by Gasteiger charge is -2.17. The van der Waals surface area contributed by atoms with Gasteiger partial charge in [0, 0.05) is 0 Å². The number of rotatable bonds is 5. The Morgan fingerprint density at radius 2 is 2.00 bits per heavy atom. The van der Waals surface area contributed by atoms with Crippen LogP contribution >= 0.6 is 0 Å². The summed E-state index contributed by atoms with van der Waals surface area (Å²) in [6, 6.07) is 0. The zero-order chi connectivity index (χ0) is 9.78. The van der Waals surface area contributed by atoms with E-state index < -0.39 is 15.2 Å². The molecule has 0 fully saturated rings. The lowest BCUT2D eigenvalue weighted by molar-refractivity contribution is -0.127. The summed E-state index contributed by atoms with van der Waals surface area (Å²) in [6.07, 6.45) is 0.155. The molecule has 0 saturated carbocycles. The molecule has 6 heteroatoms. The minimum Gasteiger partial charge on any atom is -0.368 e. The maximum atomic E-state index is 10.8. The molecule has 0 aliphatic rings. The van der Waals surface area contributed by atoms with Crippen LogP contribution in [0.1, 0.15) is 26.7 Å². The molecular weight excluding hydrogens is 180 g/mol. The third-order valence-electron chi connectivity index (χ3n) is 1.30. The van der Waals surface area contributed by atoms with Crippen molar-refractivity contribution in [2.75, 3.05) is 0 Å². The molecule has 12 heavy (non-hydrogen) atoms. The van der Waals surface area contributed by atoms with Crippen molar-refractivity contribution < 1.29 is 23.6 Å². The Morgan fingerprint density at radius 1 is 1.50 bits per heavy atom. The van der Waals surface area contributed by atoms with Crippen LogP contribution in [0.4, 0.5) is 0 Å². The first-order valence-electron chi connectivity index (χ1n) is 3.72. The third-order valence-corrected chi connectivity index (χ3v) is 1.91. The van der Waals surface area contributed by atoms with Crippen LogP contribution in [0.5, 0.6) is 0 Å². The predicted octanol–water partition coefficient (Wildman–Crippen LogP) is -0.827. The van der Waals surface area contributed by atoms with Crippen molar-refractivity contribution in [1.29, 1.82) is 0 Å². The number of hydrogen-bond donors (Lipinski definition) is 3. The van der Waals surface area contributed by atoms with Crippen LogP contribution in [-0.2, 0) is 9.22 Å². The van der Waals surface area contributed by atoms with Gasteiger partial charge in [-0.15, -0.1) is 0 Å². The van der Waals surface area contributed by atoms with Gasteiger partial charge in [0.2, 0.25) is 0 Å². The molecule has 0 rings (SSSR count). The molecule has 0 aromatic heterocycles. The van der Waals surface area contributed by atoms with Gasteiger partial charge in [-0.1, -0.05) is 13.3 Å². The van der Waals surface area contributed by atoms with Crippen LogP contribution in [0.15, 0.2) is 0 Å². The highest BCUT2D eigenvalue weighted by Gasteiger charge is 2.35. The Morgan fingerprint density at radius 3 is 2.25 bits per heavy atom. The van der Waals surface area contributed by atoms with Crippen molar-refractivity contribution in [2.45, 2.75) is 32.8 Å². The molecule has 0 spiro atoms. The second kappa shape index (κ2) is 4.68. The van der Waals surface area contributed by atoms with Gasteiger partial charge in [0.15, 0.2) is 5.78 Å². The van der Waals surface area contributed by atoms with Gasteiger partial charge in [-0.3, -0.25) is 4.79 Å². The van der Waals surface area contributed by atoms with Crippen molar-refractivity contribution in [3.8, 4) is 0 Å². The van der Waals surface area contributed by atoms with E-state index in [1.807, 2.05) is 6.92 Å². The topological polar surface area (TPSA) is 87.0 Å². The zero-order valence-electron chi connectivity index (χ0n) is 7.15. The quantitative estimate of drug-likeness (QED) is 0.497. The molecule has 0 radical (unpaired) electrons. The van der Waals surface area contributed by atoms with E-state index in [2.05, 4.69) is 4.43 Å². The summed E-state index contributed by atoms with van der Waals surface area (Å²) in [5.74, 6) is -0.314. The number of hydrogen-bond acceptors (Lipinski definition) is 5. The van der Waals surface area contributed by atoms with E-state index in [4.69, 9.17) is 14.4 Å². The molecule has 0 aromatic carbocycles. The number of Topliss-reactive ketones (excluding diaryl/α,β-unsaturated/α-hetero) is 1. The fraction of sp³-hybridized carbons (Fsp3) is 0.833. The van der Waals surface area contributed by atoms with Gasteiger partial charge in [-0.2, -0.15) is 0 Å². The van der Waals surface area contributed by atoms with Crippen molar-refractivity contribution in [3.63, 3.8) is 0 Å². The first kappa shape index (κ1) is 11.7. The minimum absolute atomic E-state index is 0.314. The summed E-state index contributed by atoms with van der Waals surface area (Å²) in [6.45, 7) is 3.11. The van der Waals surface area contributed by atoms with E-state index in [1.165, 1.54) is 6.92 Å². The molecule has 0 aliphatic carbocycles. The van der Waals surface area contributed by atoms with Crippen molar-refractivity contribution >= 4 is 14.8 Å². The summed E-state index contributed by atoms with van der Waals surface area (Å²) in [5.41, 5.74) is 0. The van der Waals surface area contributed by atoms with Gasteiger partial charge in [-0.25, -0.2) is 0 Å². The number of carbonyl (C=O) groups excluding carboxylic acids is 1. The van der Waals surface area contributed by atoms with Gasteiger partial charge in [0.05, 0.1) is 0 Å². The monoisotopic (exact) mass is 194 g/mol. The number of carbonyl (C=O) groups is 1. The standard InChI is InChI=1S/C6H14O5Si/c1-3-4-6(5(2)7)11-12(8,9)10/h6,8-10H,3-4H2,1-2H3. The second-order valence-electron chi connectivity index (χ2n) is 2.58. The minimum atomic E-state index is -4.54. The normalized spacial score (nSPS) is 14.4. The molecule has 3 N–H and O–H groups in total. The van der Waals surface area contributed by atoms with Crippen LogP contribution in [0, 0.1) is 0 Å². The van der Waals surface area contributed by atoms with E-state index in [0.717, 1.165) is 0 Å². The van der Waals surface area contributed by atoms with Crippen molar-refractivity contribution in [1.82, 2.24) is 0 Å². The first-order valence-corrected chi connectivity index (χ1v) is 5.47. The van der Waals surface area contributed by atoms with E-state index >= 15 is 0 Å². The molecule has 1 atom stereocenters. The molecule has 1 unspecified atom stereocenters.